The van der Waals surface area contributed by atoms with Gasteiger partial charge < -0.3 is 10.2 Å². The fourth-order valence-corrected chi connectivity index (χ4v) is 4.18. The van der Waals surface area contributed by atoms with Crippen LogP contribution in [-0.2, 0) is 22.4 Å². The highest BCUT2D eigenvalue weighted by molar-refractivity contribution is 5.83. The molecule has 1 unspecified atom stereocenters. The third-order valence-corrected chi connectivity index (χ3v) is 6.12. The van der Waals surface area contributed by atoms with Gasteiger partial charge in [0, 0.05) is 43.9 Å². The van der Waals surface area contributed by atoms with Crippen molar-refractivity contribution in [1.29, 1.82) is 0 Å². The number of Topliss-reactive ketones (excluding diaryl/α,β-unsaturated/α-hetero) is 1. The molecule has 1 atom stereocenters. The van der Waals surface area contributed by atoms with Crippen molar-refractivity contribution in [2.75, 3.05) is 26.7 Å². The van der Waals surface area contributed by atoms with Crippen LogP contribution >= 0.6 is 0 Å². The minimum absolute atomic E-state index is 0.155. The molecule has 31 heavy (non-hydrogen) atoms. The quantitative estimate of drug-likeness (QED) is 0.665. The van der Waals surface area contributed by atoms with Crippen LogP contribution in [0, 0.1) is 5.92 Å². The average molecular weight is 422 g/mol. The van der Waals surface area contributed by atoms with E-state index in [2.05, 4.69) is 56.4 Å². The first kappa shape index (κ1) is 23.1. The van der Waals surface area contributed by atoms with Gasteiger partial charge in [0.15, 0.2) is 5.78 Å². The zero-order valence-corrected chi connectivity index (χ0v) is 19.3. The molecule has 1 N–H and O–H groups in total. The van der Waals surface area contributed by atoms with Crippen LogP contribution in [0.3, 0.4) is 0 Å². The Balaban J connectivity index is 1.64. The number of aryl methyl sites for hydroxylation is 1. The van der Waals surface area contributed by atoms with Gasteiger partial charge >= 0.3 is 0 Å². The van der Waals surface area contributed by atoms with Crippen molar-refractivity contribution in [2.45, 2.75) is 52.4 Å². The Bertz CT molecular complexity index is 923. The smallest absolute Gasteiger partial charge is 0.222 e. The van der Waals surface area contributed by atoms with Crippen LogP contribution in [0.25, 0.3) is 11.1 Å². The normalized spacial score (nSPS) is 16.7. The molecule has 1 aliphatic heterocycles. The molecule has 0 bridgehead atoms. The van der Waals surface area contributed by atoms with E-state index in [1.165, 1.54) is 5.56 Å². The summed E-state index contributed by atoms with van der Waals surface area (Å²) in [6, 6.07) is 10.6. The van der Waals surface area contributed by atoms with Crippen molar-refractivity contribution < 1.29 is 9.59 Å². The van der Waals surface area contributed by atoms with Crippen LogP contribution in [-0.4, -0.2) is 48.3 Å². The topological polar surface area (TPSA) is 62.3 Å². The SMILES string of the molecule is CCc1cccc(-c2cnc(C(C)C)c(CC(=O)CNCC3CCN(C)C(=O)C3)c2)c1. The standard InChI is InChI=1S/C26H35N3O2/c1-5-19-7-6-8-21(11-19)23-13-22(26(18(2)3)28-16-23)14-24(30)17-27-15-20-9-10-29(4)25(31)12-20/h6-8,11,13,16,18,20,27H,5,9-10,12,14-15,17H2,1-4H3. The minimum Gasteiger partial charge on any atom is -0.346 e. The van der Waals surface area contributed by atoms with E-state index >= 15 is 0 Å². The summed E-state index contributed by atoms with van der Waals surface area (Å²) in [5.41, 5.74) is 5.49. The lowest BCUT2D eigenvalue weighted by atomic mass is 9.95. The molecule has 2 aromatic rings. The van der Waals surface area contributed by atoms with Crippen molar-refractivity contribution in [3.8, 4) is 11.1 Å². The molecule has 5 heteroatoms. The average Bonchev–Trinajstić information content (AvgIpc) is 2.76. The van der Waals surface area contributed by atoms with E-state index in [-0.39, 0.29) is 17.6 Å². The van der Waals surface area contributed by atoms with Gasteiger partial charge in [0.2, 0.25) is 5.91 Å². The van der Waals surface area contributed by atoms with E-state index in [1.807, 2.05) is 13.2 Å². The largest absolute Gasteiger partial charge is 0.346 e. The molecule has 0 spiro atoms. The molecule has 1 aromatic heterocycles. The summed E-state index contributed by atoms with van der Waals surface area (Å²) < 4.78 is 0. The van der Waals surface area contributed by atoms with Crippen molar-refractivity contribution in [3.05, 3.63) is 53.3 Å². The van der Waals surface area contributed by atoms with E-state index in [0.717, 1.165) is 41.8 Å². The summed E-state index contributed by atoms with van der Waals surface area (Å²) in [5.74, 6) is 0.930. The molecule has 0 aliphatic carbocycles. The van der Waals surface area contributed by atoms with Crippen LogP contribution in [0.2, 0.25) is 0 Å². The summed E-state index contributed by atoms with van der Waals surface area (Å²) in [6.07, 6.45) is 4.85. The van der Waals surface area contributed by atoms with Gasteiger partial charge in [-0.1, -0.05) is 45.0 Å². The molecule has 1 fully saturated rings. The third kappa shape index (κ3) is 6.23. The van der Waals surface area contributed by atoms with E-state index in [0.29, 0.717) is 31.8 Å². The number of rotatable bonds is 9. The number of ketones is 1. The van der Waals surface area contributed by atoms with Crippen LogP contribution in [0.5, 0.6) is 0 Å². The first-order valence-electron chi connectivity index (χ1n) is 11.4. The molecule has 3 rings (SSSR count). The second-order valence-corrected chi connectivity index (χ2v) is 9.00. The summed E-state index contributed by atoms with van der Waals surface area (Å²) in [5, 5.41) is 3.28. The lowest BCUT2D eigenvalue weighted by molar-refractivity contribution is -0.133. The molecule has 1 aromatic carbocycles. The molecule has 2 heterocycles. The first-order valence-corrected chi connectivity index (χ1v) is 11.4. The first-order chi connectivity index (χ1) is 14.9. The van der Waals surface area contributed by atoms with Crippen LogP contribution in [0.1, 0.15) is 56.4 Å². The van der Waals surface area contributed by atoms with Crippen molar-refractivity contribution >= 4 is 11.7 Å². The Labute approximate surface area is 186 Å². The number of nitrogens with one attached hydrogen (secondary N) is 1. The Hall–Kier alpha value is -2.53. The van der Waals surface area contributed by atoms with E-state index in [9.17, 15) is 9.59 Å². The van der Waals surface area contributed by atoms with E-state index in [1.54, 1.807) is 4.90 Å². The van der Waals surface area contributed by atoms with Crippen LogP contribution in [0.15, 0.2) is 36.5 Å². The molecule has 5 nitrogen and oxygen atoms in total. The number of carbonyl (C=O) groups is 2. The number of pyridine rings is 1. The molecule has 166 valence electrons. The predicted octanol–water partition coefficient (Wildman–Crippen LogP) is 4.00. The third-order valence-electron chi connectivity index (χ3n) is 6.12. The number of amides is 1. The van der Waals surface area contributed by atoms with Crippen LogP contribution < -0.4 is 5.32 Å². The second-order valence-electron chi connectivity index (χ2n) is 9.00. The van der Waals surface area contributed by atoms with Crippen molar-refractivity contribution in [3.63, 3.8) is 0 Å². The minimum atomic E-state index is 0.155. The number of piperidine rings is 1. The molecule has 1 amide bonds. The molecular formula is C26H35N3O2. The summed E-state index contributed by atoms with van der Waals surface area (Å²) in [7, 11) is 1.85. The van der Waals surface area contributed by atoms with Gasteiger partial charge in [-0.05, 0) is 54.0 Å². The Morgan fingerprint density at radius 3 is 2.77 bits per heavy atom. The number of aromatic nitrogens is 1. The van der Waals surface area contributed by atoms with Gasteiger partial charge in [-0.25, -0.2) is 0 Å². The van der Waals surface area contributed by atoms with Crippen molar-refractivity contribution in [2.24, 2.45) is 5.92 Å². The van der Waals surface area contributed by atoms with Crippen LogP contribution in [0.4, 0.5) is 0 Å². The maximum atomic E-state index is 12.7. The highest BCUT2D eigenvalue weighted by Gasteiger charge is 2.23. The monoisotopic (exact) mass is 421 g/mol. The molecule has 0 radical (unpaired) electrons. The number of benzene rings is 1. The fraction of sp³-hybridized carbons (Fsp3) is 0.500. The fourth-order valence-electron chi connectivity index (χ4n) is 4.18. The van der Waals surface area contributed by atoms with Gasteiger partial charge in [0.1, 0.15) is 0 Å². The number of hydrogen-bond donors (Lipinski definition) is 1. The zero-order valence-electron chi connectivity index (χ0n) is 19.3. The Morgan fingerprint density at radius 1 is 1.26 bits per heavy atom. The summed E-state index contributed by atoms with van der Waals surface area (Å²) >= 11 is 0. The van der Waals surface area contributed by atoms with Gasteiger partial charge in [-0.2, -0.15) is 0 Å². The van der Waals surface area contributed by atoms with E-state index in [4.69, 9.17) is 4.98 Å². The number of nitrogens with zero attached hydrogens (tertiary/aromatic N) is 2. The molecule has 0 saturated carbocycles. The van der Waals surface area contributed by atoms with Gasteiger partial charge in [-0.15, -0.1) is 0 Å². The second kappa shape index (κ2) is 10.7. The van der Waals surface area contributed by atoms with Crippen molar-refractivity contribution in [1.82, 2.24) is 15.2 Å². The highest BCUT2D eigenvalue weighted by Crippen LogP contribution is 2.26. The lowest BCUT2D eigenvalue weighted by Crippen LogP contribution is -2.40. The predicted molar refractivity (Wildman–Crippen MR) is 125 cm³/mol. The Kier molecular flexibility index (Phi) is 7.97. The molecular weight excluding hydrogens is 386 g/mol. The number of carbonyl (C=O) groups excluding carboxylic acids is 2. The summed E-state index contributed by atoms with van der Waals surface area (Å²) in [6.45, 7) is 8.22. The summed E-state index contributed by atoms with van der Waals surface area (Å²) in [4.78, 5) is 31.1. The lowest BCUT2D eigenvalue weighted by Gasteiger charge is -2.28. The van der Waals surface area contributed by atoms with Gasteiger partial charge in [0.05, 0.1) is 6.54 Å². The van der Waals surface area contributed by atoms with Gasteiger partial charge in [-0.3, -0.25) is 14.6 Å². The zero-order chi connectivity index (χ0) is 22.4. The maximum absolute atomic E-state index is 12.7. The number of likely N-dealkylation sites (tertiary alicyclic amines) is 1. The highest BCUT2D eigenvalue weighted by atomic mass is 16.2. The molecule has 1 saturated heterocycles. The number of hydrogen-bond acceptors (Lipinski definition) is 4. The maximum Gasteiger partial charge on any atom is 0.222 e. The Morgan fingerprint density at radius 2 is 2.06 bits per heavy atom. The van der Waals surface area contributed by atoms with Gasteiger partial charge in [0.25, 0.3) is 0 Å². The van der Waals surface area contributed by atoms with E-state index < -0.39 is 0 Å². The molecule has 1 aliphatic rings.